The molecule has 1 saturated heterocycles. The van der Waals surface area contributed by atoms with Crippen LogP contribution in [-0.4, -0.2) is 36.1 Å². The zero-order valence-electron chi connectivity index (χ0n) is 11.8. The Morgan fingerprint density at radius 1 is 1.25 bits per heavy atom. The molecule has 1 heterocycles. The molecular formula is C16H22N2OS. The number of nitrogens with zero attached hydrogens (tertiary/aromatic N) is 1. The van der Waals surface area contributed by atoms with Gasteiger partial charge in [-0.15, -0.1) is 0 Å². The lowest BCUT2D eigenvalue weighted by molar-refractivity contribution is 0.227. The molecule has 2 aliphatic rings. The quantitative estimate of drug-likeness (QED) is 0.845. The van der Waals surface area contributed by atoms with E-state index in [1.807, 2.05) is 24.3 Å². The molecule has 2 fully saturated rings. The molecule has 1 aromatic rings. The van der Waals surface area contributed by atoms with Crippen LogP contribution in [-0.2, 0) is 0 Å². The first kappa shape index (κ1) is 13.8. The van der Waals surface area contributed by atoms with Gasteiger partial charge in [-0.25, -0.2) is 0 Å². The van der Waals surface area contributed by atoms with Crippen LogP contribution in [0.3, 0.4) is 0 Å². The number of para-hydroxylation sites is 1. The van der Waals surface area contributed by atoms with Crippen LogP contribution in [0.4, 0.5) is 0 Å². The van der Waals surface area contributed by atoms with Gasteiger partial charge in [0.2, 0.25) is 0 Å². The summed E-state index contributed by atoms with van der Waals surface area (Å²) >= 11 is 5.05. The molecule has 1 saturated carbocycles. The molecule has 1 aliphatic heterocycles. The van der Waals surface area contributed by atoms with E-state index < -0.39 is 0 Å². The molecule has 2 unspecified atom stereocenters. The summed E-state index contributed by atoms with van der Waals surface area (Å²) in [4.78, 5) is 2.94. The highest BCUT2D eigenvalue weighted by Crippen LogP contribution is 2.37. The number of fused-ring (bicyclic) bond motifs is 1. The van der Waals surface area contributed by atoms with E-state index in [0.717, 1.165) is 29.7 Å². The maximum Gasteiger partial charge on any atom is 0.129 e. The number of nitrogens with two attached hydrogens (primary N) is 1. The molecule has 0 amide bonds. The van der Waals surface area contributed by atoms with E-state index in [1.54, 1.807) is 0 Å². The molecule has 3 rings (SSSR count). The number of hydrogen-bond donors (Lipinski definition) is 1. The van der Waals surface area contributed by atoms with Crippen LogP contribution in [0.2, 0.25) is 0 Å². The van der Waals surface area contributed by atoms with E-state index in [1.165, 1.54) is 32.4 Å². The Bertz CT molecular complexity index is 479. The van der Waals surface area contributed by atoms with E-state index in [0.29, 0.717) is 11.6 Å². The van der Waals surface area contributed by atoms with Gasteiger partial charge in [-0.1, -0.05) is 30.8 Å². The highest BCUT2D eigenvalue weighted by atomic mass is 32.1. The summed E-state index contributed by atoms with van der Waals surface area (Å²) in [6, 6.07) is 7.74. The second-order valence-corrected chi connectivity index (χ2v) is 6.36. The average molecular weight is 290 g/mol. The highest BCUT2D eigenvalue weighted by molar-refractivity contribution is 7.80. The van der Waals surface area contributed by atoms with Crippen molar-refractivity contribution in [1.82, 2.24) is 4.90 Å². The maximum absolute atomic E-state index is 5.87. The van der Waals surface area contributed by atoms with Crippen molar-refractivity contribution in [2.45, 2.75) is 19.3 Å². The Hall–Kier alpha value is -1.13. The van der Waals surface area contributed by atoms with Gasteiger partial charge >= 0.3 is 0 Å². The topological polar surface area (TPSA) is 38.5 Å². The van der Waals surface area contributed by atoms with E-state index in [2.05, 4.69) is 4.90 Å². The van der Waals surface area contributed by atoms with Gasteiger partial charge < -0.3 is 10.5 Å². The third-order valence-electron chi connectivity index (χ3n) is 4.62. The normalized spacial score (nSPS) is 25.6. The largest absolute Gasteiger partial charge is 0.492 e. The van der Waals surface area contributed by atoms with Crippen LogP contribution >= 0.6 is 12.2 Å². The minimum Gasteiger partial charge on any atom is -0.492 e. The molecule has 20 heavy (non-hydrogen) atoms. The van der Waals surface area contributed by atoms with Crippen molar-refractivity contribution < 1.29 is 4.74 Å². The van der Waals surface area contributed by atoms with Crippen molar-refractivity contribution >= 4 is 17.2 Å². The standard InChI is InChI=1S/C16H22N2OS/c17-16(20)14-6-1-2-7-15(14)19-9-8-18-10-12-4-3-5-13(12)11-18/h1-2,6-7,12-13H,3-5,8-11H2,(H2,17,20). The summed E-state index contributed by atoms with van der Waals surface area (Å²) in [5, 5.41) is 0. The minimum atomic E-state index is 0.399. The zero-order valence-corrected chi connectivity index (χ0v) is 12.6. The van der Waals surface area contributed by atoms with Gasteiger partial charge in [-0.2, -0.15) is 0 Å². The first-order valence-corrected chi connectivity index (χ1v) is 7.89. The molecule has 2 N–H and O–H groups in total. The van der Waals surface area contributed by atoms with Gasteiger partial charge in [0, 0.05) is 19.6 Å². The highest BCUT2D eigenvalue weighted by Gasteiger charge is 2.35. The molecular weight excluding hydrogens is 268 g/mol. The maximum atomic E-state index is 5.87. The van der Waals surface area contributed by atoms with E-state index in [-0.39, 0.29) is 0 Å². The number of likely N-dealkylation sites (tertiary alicyclic amines) is 1. The smallest absolute Gasteiger partial charge is 0.129 e. The summed E-state index contributed by atoms with van der Waals surface area (Å²) in [5.74, 6) is 2.69. The van der Waals surface area contributed by atoms with Gasteiger partial charge in [0.05, 0.1) is 5.56 Å². The number of thiocarbonyl (C=S) groups is 1. The molecule has 0 radical (unpaired) electrons. The molecule has 2 atom stereocenters. The van der Waals surface area contributed by atoms with Crippen LogP contribution in [0.15, 0.2) is 24.3 Å². The first-order chi connectivity index (χ1) is 9.74. The fraction of sp³-hybridized carbons (Fsp3) is 0.562. The molecule has 0 bridgehead atoms. The summed E-state index contributed by atoms with van der Waals surface area (Å²) in [5.41, 5.74) is 6.55. The lowest BCUT2D eigenvalue weighted by atomic mass is 10.0. The SMILES string of the molecule is NC(=S)c1ccccc1OCCN1CC2CCCC2C1. The number of ether oxygens (including phenoxy) is 1. The Kier molecular flexibility index (Phi) is 4.22. The molecule has 4 heteroatoms. The Morgan fingerprint density at radius 2 is 1.95 bits per heavy atom. The van der Waals surface area contributed by atoms with Gasteiger partial charge in [0.15, 0.2) is 0 Å². The summed E-state index contributed by atoms with van der Waals surface area (Å²) < 4.78 is 5.87. The van der Waals surface area contributed by atoms with Crippen LogP contribution in [0.25, 0.3) is 0 Å². The zero-order chi connectivity index (χ0) is 13.9. The minimum absolute atomic E-state index is 0.399. The van der Waals surface area contributed by atoms with Crippen LogP contribution in [0.1, 0.15) is 24.8 Å². The molecule has 0 aromatic heterocycles. The van der Waals surface area contributed by atoms with Crippen molar-refractivity contribution in [2.24, 2.45) is 17.6 Å². The second-order valence-electron chi connectivity index (χ2n) is 5.92. The van der Waals surface area contributed by atoms with E-state index in [9.17, 15) is 0 Å². The third-order valence-corrected chi connectivity index (χ3v) is 4.84. The van der Waals surface area contributed by atoms with Gasteiger partial charge in [0.1, 0.15) is 17.3 Å². The second kappa shape index (κ2) is 6.10. The van der Waals surface area contributed by atoms with E-state index in [4.69, 9.17) is 22.7 Å². The van der Waals surface area contributed by atoms with Crippen LogP contribution in [0.5, 0.6) is 5.75 Å². The van der Waals surface area contributed by atoms with Crippen molar-refractivity contribution in [1.29, 1.82) is 0 Å². The van der Waals surface area contributed by atoms with Gasteiger partial charge in [0.25, 0.3) is 0 Å². The first-order valence-electron chi connectivity index (χ1n) is 7.48. The molecule has 1 aromatic carbocycles. The predicted octanol–water partition coefficient (Wildman–Crippen LogP) is 2.43. The number of benzene rings is 1. The van der Waals surface area contributed by atoms with Crippen molar-refractivity contribution in [3.05, 3.63) is 29.8 Å². The van der Waals surface area contributed by atoms with Crippen LogP contribution in [0, 0.1) is 11.8 Å². The van der Waals surface area contributed by atoms with Crippen molar-refractivity contribution in [3.63, 3.8) is 0 Å². The lowest BCUT2D eigenvalue weighted by Gasteiger charge is -2.17. The fourth-order valence-corrected chi connectivity index (χ4v) is 3.76. The van der Waals surface area contributed by atoms with E-state index >= 15 is 0 Å². The molecule has 3 nitrogen and oxygen atoms in total. The summed E-state index contributed by atoms with van der Waals surface area (Å²) in [6.45, 7) is 4.22. The third kappa shape index (κ3) is 2.96. The average Bonchev–Trinajstić information content (AvgIpc) is 3.00. The Morgan fingerprint density at radius 3 is 2.65 bits per heavy atom. The predicted molar refractivity (Wildman–Crippen MR) is 85.1 cm³/mol. The van der Waals surface area contributed by atoms with Gasteiger partial charge in [-0.05, 0) is 36.8 Å². The van der Waals surface area contributed by atoms with Crippen molar-refractivity contribution in [3.8, 4) is 5.75 Å². The molecule has 108 valence electrons. The summed E-state index contributed by atoms with van der Waals surface area (Å²) in [7, 11) is 0. The molecule has 1 aliphatic carbocycles. The number of hydrogen-bond acceptors (Lipinski definition) is 3. The molecule has 0 spiro atoms. The summed E-state index contributed by atoms with van der Waals surface area (Å²) in [6.07, 6.45) is 4.28. The van der Waals surface area contributed by atoms with Gasteiger partial charge in [-0.3, -0.25) is 4.90 Å². The Balaban J connectivity index is 1.50. The fourth-order valence-electron chi connectivity index (χ4n) is 3.60. The van der Waals surface area contributed by atoms with Crippen molar-refractivity contribution in [2.75, 3.05) is 26.2 Å². The Labute approximate surface area is 126 Å². The lowest BCUT2D eigenvalue weighted by Crippen LogP contribution is -2.27. The monoisotopic (exact) mass is 290 g/mol. The number of rotatable bonds is 5. The van der Waals surface area contributed by atoms with Crippen LogP contribution < -0.4 is 10.5 Å².